The molecule has 2 rings (SSSR count). The van der Waals surface area contributed by atoms with Crippen LogP contribution in [0.15, 0.2) is 48.5 Å². The van der Waals surface area contributed by atoms with Crippen LogP contribution in [0.4, 0.5) is 0 Å². The van der Waals surface area contributed by atoms with Crippen LogP contribution in [-0.2, 0) is 20.9 Å². The van der Waals surface area contributed by atoms with Gasteiger partial charge in [0.25, 0.3) is 5.91 Å². The molecule has 0 spiro atoms. The fourth-order valence-electron chi connectivity index (χ4n) is 2.34. The van der Waals surface area contributed by atoms with Crippen LogP contribution in [0.1, 0.15) is 11.1 Å². The number of nitrogens with one attached hydrogen (secondary N) is 1. The number of carbonyl (C=O) groups excluding carboxylic acids is 2. The minimum absolute atomic E-state index is 0.315. The third kappa shape index (κ3) is 6.35. The van der Waals surface area contributed by atoms with E-state index < -0.39 is 11.9 Å². The fourth-order valence-corrected chi connectivity index (χ4v) is 2.34. The first-order chi connectivity index (χ1) is 13.5. The molecule has 1 amide bonds. The summed E-state index contributed by atoms with van der Waals surface area (Å²) in [5.41, 5.74) is 1.62. The molecule has 0 aliphatic carbocycles. The predicted octanol–water partition coefficient (Wildman–Crippen LogP) is 2.59. The van der Waals surface area contributed by atoms with Crippen molar-refractivity contribution >= 4 is 18.0 Å². The summed E-state index contributed by atoms with van der Waals surface area (Å²) < 4.78 is 20.4. The Hall–Kier alpha value is -3.48. The molecule has 0 radical (unpaired) electrons. The molecule has 1 N–H and O–H groups in total. The van der Waals surface area contributed by atoms with Gasteiger partial charge in [0, 0.05) is 12.6 Å². The average molecular weight is 385 g/mol. The smallest absolute Gasteiger partial charge is 0.331 e. The Kier molecular flexibility index (Phi) is 7.90. The third-order valence-electron chi connectivity index (χ3n) is 3.79. The number of hydrogen-bond acceptors (Lipinski definition) is 6. The van der Waals surface area contributed by atoms with Crippen molar-refractivity contribution in [2.24, 2.45) is 0 Å². The van der Waals surface area contributed by atoms with E-state index >= 15 is 0 Å². The van der Waals surface area contributed by atoms with Gasteiger partial charge in [0.15, 0.2) is 18.1 Å². The highest BCUT2D eigenvalue weighted by Gasteiger charge is 2.06. The molecule has 0 unspecified atom stereocenters. The van der Waals surface area contributed by atoms with Crippen molar-refractivity contribution in [3.63, 3.8) is 0 Å². The summed E-state index contributed by atoms with van der Waals surface area (Å²) in [6.07, 6.45) is 2.81. The first-order valence-electron chi connectivity index (χ1n) is 8.52. The Labute approximate surface area is 163 Å². The van der Waals surface area contributed by atoms with Crippen LogP contribution >= 0.6 is 0 Å². The van der Waals surface area contributed by atoms with E-state index in [0.717, 1.165) is 11.1 Å². The molecule has 0 aliphatic rings. The van der Waals surface area contributed by atoms with Crippen LogP contribution in [-0.4, -0.2) is 39.8 Å². The third-order valence-corrected chi connectivity index (χ3v) is 3.79. The van der Waals surface area contributed by atoms with Gasteiger partial charge < -0.3 is 24.3 Å². The molecule has 0 saturated heterocycles. The van der Waals surface area contributed by atoms with Crippen molar-refractivity contribution in [1.29, 1.82) is 0 Å². The number of hydrogen-bond donors (Lipinski definition) is 1. The van der Waals surface area contributed by atoms with Crippen molar-refractivity contribution in [2.45, 2.75) is 6.54 Å². The lowest BCUT2D eigenvalue weighted by molar-refractivity contribution is -0.143. The molecule has 0 aromatic heterocycles. The summed E-state index contributed by atoms with van der Waals surface area (Å²) in [6, 6.07) is 12.6. The van der Waals surface area contributed by atoms with Gasteiger partial charge in [0.05, 0.1) is 21.3 Å². The zero-order valence-electron chi connectivity index (χ0n) is 16.1. The maximum atomic E-state index is 11.8. The molecule has 0 fully saturated rings. The molecule has 7 heteroatoms. The largest absolute Gasteiger partial charge is 0.497 e. The van der Waals surface area contributed by atoms with Gasteiger partial charge in [-0.1, -0.05) is 18.2 Å². The van der Waals surface area contributed by atoms with Gasteiger partial charge in [-0.25, -0.2) is 4.79 Å². The van der Waals surface area contributed by atoms with Gasteiger partial charge in [0.1, 0.15) is 5.75 Å². The molecule has 2 aromatic rings. The summed E-state index contributed by atoms with van der Waals surface area (Å²) in [7, 11) is 4.65. The maximum absolute atomic E-state index is 11.8. The van der Waals surface area contributed by atoms with Crippen molar-refractivity contribution < 1.29 is 28.5 Å². The van der Waals surface area contributed by atoms with Gasteiger partial charge in [-0.2, -0.15) is 0 Å². The summed E-state index contributed by atoms with van der Waals surface area (Å²) >= 11 is 0. The van der Waals surface area contributed by atoms with Crippen molar-refractivity contribution in [1.82, 2.24) is 5.32 Å². The zero-order valence-corrected chi connectivity index (χ0v) is 16.1. The summed E-state index contributed by atoms with van der Waals surface area (Å²) in [4.78, 5) is 23.6. The number of ether oxygens (including phenoxy) is 4. The summed E-state index contributed by atoms with van der Waals surface area (Å²) in [5, 5.41) is 2.68. The Balaban J connectivity index is 1.79. The van der Waals surface area contributed by atoms with E-state index in [4.69, 9.17) is 18.9 Å². The van der Waals surface area contributed by atoms with Crippen LogP contribution in [0.25, 0.3) is 6.08 Å². The minimum Gasteiger partial charge on any atom is -0.497 e. The summed E-state index contributed by atoms with van der Waals surface area (Å²) in [5.74, 6) is 0.838. The van der Waals surface area contributed by atoms with E-state index in [0.29, 0.717) is 23.8 Å². The van der Waals surface area contributed by atoms with Crippen molar-refractivity contribution in [3.05, 3.63) is 59.7 Å². The van der Waals surface area contributed by atoms with E-state index in [9.17, 15) is 9.59 Å². The van der Waals surface area contributed by atoms with E-state index in [2.05, 4.69) is 5.32 Å². The first-order valence-corrected chi connectivity index (χ1v) is 8.52. The van der Waals surface area contributed by atoms with Crippen LogP contribution in [0.5, 0.6) is 17.2 Å². The highest BCUT2D eigenvalue weighted by atomic mass is 16.5. The zero-order chi connectivity index (χ0) is 20.4. The van der Waals surface area contributed by atoms with Gasteiger partial charge in [-0.15, -0.1) is 0 Å². The van der Waals surface area contributed by atoms with Crippen LogP contribution < -0.4 is 19.5 Å². The molecule has 0 heterocycles. The molecule has 0 saturated carbocycles. The number of amides is 1. The maximum Gasteiger partial charge on any atom is 0.331 e. The second-order valence-corrected chi connectivity index (χ2v) is 5.68. The molecule has 148 valence electrons. The van der Waals surface area contributed by atoms with E-state index in [1.54, 1.807) is 38.5 Å². The number of benzene rings is 2. The van der Waals surface area contributed by atoms with Gasteiger partial charge >= 0.3 is 5.97 Å². The van der Waals surface area contributed by atoms with E-state index in [1.165, 1.54) is 13.2 Å². The molecule has 2 aromatic carbocycles. The normalized spacial score (nSPS) is 10.4. The van der Waals surface area contributed by atoms with Crippen LogP contribution in [0.2, 0.25) is 0 Å². The molecular weight excluding hydrogens is 362 g/mol. The Morgan fingerprint density at radius 1 is 0.964 bits per heavy atom. The number of carbonyl (C=O) groups is 2. The van der Waals surface area contributed by atoms with E-state index in [-0.39, 0.29) is 6.61 Å². The van der Waals surface area contributed by atoms with Gasteiger partial charge in [-0.05, 0) is 41.5 Å². The Bertz CT molecular complexity index is 847. The average Bonchev–Trinajstić information content (AvgIpc) is 2.74. The lowest BCUT2D eigenvalue weighted by Crippen LogP contribution is -2.28. The number of esters is 1. The molecule has 28 heavy (non-hydrogen) atoms. The SMILES string of the molecule is COc1cccc(CNC(=O)COC(=O)C=Cc2ccc(OC)c(OC)c2)c1. The minimum atomic E-state index is -0.619. The quantitative estimate of drug-likeness (QED) is 0.528. The monoisotopic (exact) mass is 385 g/mol. The number of methoxy groups -OCH3 is 3. The summed E-state index contributed by atoms with van der Waals surface area (Å²) in [6.45, 7) is -0.0475. The Morgan fingerprint density at radius 3 is 2.46 bits per heavy atom. The highest BCUT2D eigenvalue weighted by molar-refractivity contribution is 5.89. The Morgan fingerprint density at radius 2 is 1.75 bits per heavy atom. The standard InChI is InChI=1S/C21H23NO6/c1-25-17-6-4-5-16(11-17)13-22-20(23)14-28-21(24)10-8-15-7-9-18(26-2)19(12-15)27-3/h4-12H,13-14H2,1-3H3,(H,22,23). The first kappa shape index (κ1) is 20.8. The fraction of sp³-hybridized carbons (Fsp3) is 0.238. The van der Waals surface area contributed by atoms with Crippen molar-refractivity contribution in [2.75, 3.05) is 27.9 Å². The predicted molar refractivity (Wildman–Crippen MR) is 104 cm³/mol. The molecule has 0 atom stereocenters. The van der Waals surface area contributed by atoms with Crippen LogP contribution in [0, 0.1) is 0 Å². The van der Waals surface area contributed by atoms with Gasteiger partial charge in [-0.3, -0.25) is 4.79 Å². The topological polar surface area (TPSA) is 83.1 Å². The number of rotatable bonds is 9. The van der Waals surface area contributed by atoms with E-state index in [1.807, 2.05) is 24.3 Å². The van der Waals surface area contributed by atoms with Crippen LogP contribution in [0.3, 0.4) is 0 Å². The second kappa shape index (κ2) is 10.6. The highest BCUT2D eigenvalue weighted by Crippen LogP contribution is 2.27. The molecular formula is C21H23NO6. The lowest BCUT2D eigenvalue weighted by Gasteiger charge is -2.08. The molecule has 7 nitrogen and oxygen atoms in total. The van der Waals surface area contributed by atoms with Gasteiger partial charge in [0.2, 0.25) is 0 Å². The molecule has 0 bridgehead atoms. The second-order valence-electron chi connectivity index (χ2n) is 5.68. The lowest BCUT2D eigenvalue weighted by atomic mass is 10.2. The molecule has 0 aliphatic heterocycles. The van der Waals surface area contributed by atoms with Crippen molar-refractivity contribution in [3.8, 4) is 17.2 Å².